The van der Waals surface area contributed by atoms with Gasteiger partial charge in [-0.25, -0.2) is 0 Å². The van der Waals surface area contributed by atoms with Gasteiger partial charge in [0.25, 0.3) is 0 Å². The minimum absolute atomic E-state index is 1.02. The fourth-order valence-electron chi connectivity index (χ4n) is 6.50. The molecule has 3 aromatic carbocycles. The standard InChI is InChI=1S/C41H40S/c1-4-5-6-7-8-15-34-25-30(20-23-41(34)42-3)24-29(2)13-11-16-31-26-35-27-33(21-22-36(31)35)38-18-12-19-39-37-17-10-9-14-32(37)28-40(38)39/h4,7-14,16-19,21-22,25-27H,1,5-6,15,20,23-24,28H2,2-3H3/b8-7-,16-11-,29-13+. The Morgan fingerprint density at radius 1 is 0.881 bits per heavy atom. The van der Waals surface area contributed by atoms with Crippen LogP contribution >= 0.6 is 11.8 Å². The fraction of sp³-hybridized carbons (Fsp3) is 0.220. The summed E-state index contributed by atoms with van der Waals surface area (Å²) < 4.78 is 0. The highest BCUT2D eigenvalue weighted by atomic mass is 32.2. The lowest BCUT2D eigenvalue weighted by Crippen LogP contribution is -1.98. The molecule has 0 N–H and O–H groups in total. The molecule has 0 aromatic heterocycles. The summed E-state index contributed by atoms with van der Waals surface area (Å²) in [5, 5.41) is 0. The molecule has 0 heterocycles. The predicted octanol–water partition coefficient (Wildman–Crippen LogP) is 11.9. The van der Waals surface area contributed by atoms with Crippen molar-refractivity contribution < 1.29 is 0 Å². The predicted molar refractivity (Wildman–Crippen MR) is 187 cm³/mol. The molecule has 1 heteroatoms. The summed E-state index contributed by atoms with van der Waals surface area (Å²) in [5.41, 5.74) is 16.9. The molecular formula is C41H40S. The van der Waals surface area contributed by atoms with Crippen LogP contribution in [0, 0.1) is 0 Å². The van der Waals surface area contributed by atoms with Gasteiger partial charge in [0.2, 0.25) is 0 Å². The smallest absolute Gasteiger partial charge is 0.000729 e. The molecule has 0 spiro atoms. The quantitative estimate of drug-likeness (QED) is 0.0991. The molecule has 0 nitrogen and oxygen atoms in total. The Balaban J connectivity index is 1.10. The van der Waals surface area contributed by atoms with E-state index in [1.807, 2.05) is 17.8 Å². The van der Waals surface area contributed by atoms with E-state index < -0.39 is 0 Å². The maximum atomic E-state index is 3.82. The molecule has 0 radical (unpaired) electrons. The molecule has 0 amide bonds. The van der Waals surface area contributed by atoms with Crippen LogP contribution in [0.2, 0.25) is 0 Å². The zero-order valence-electron chi connectivity index (χ0n) is 25.0. The van der Waals surface area contributed by atoms with Crippen LogP contribution in [0.1, 0.15) is 67.7 Å². The van der Waals surface area contributed by atoms with Gasteiger partial charge < -0.3 is 0 Å². The van der Waals surface area contributed by atoms with E-state index in [0.717, 1.165) is 32.1 Å². The van der Waals surface area contributed by atoms with E-state index in [1.165, 1.54) is 74.1 Å². The van der Waals surface area contributed by atoms with Crippen LogP contribution in [0.3, 0.4) is 0 Å². The maximum absolute atomic E-state index is 3.82. The van der Waals surface area contributed by atoms with Gasteiger partial charge in [-0.2, -0.15) is 0 Å². The van der Waals surface area contributed by atoms with Crippen molar-refractivity contribution in [1.29, 1.82) is 0 Å². The van der Waals surface area contributed by atoms with Crippen molar-refractivity contribution >= 4 is 23.4 Å². The molecule has 0 saturated heterocycles. The third-order valence-electron chi connectivity index (χ3n) is 8.70. The Morgan fingerprint density at radius 2 is 1.74 bits per heavy atom. The Labute approximate surface area is 256 Å². The van der Waals surface area contributed by atoms with Gasteiger partial charge in [0.05, 0.1) is 0 Å². The molecule has 210 valence electrons. The summed E-state index contributed by atoms with van der Waals surface area (Å²) in [5.74, 6) is 0. The second-order valence-electron chi connectivity index (χ2n) is 11.6. The van der Waals surface area contributed by atoms with Crippen LogP contribution < -0.4 is 0 Å². The first-order chi connectivity index (χ1) is 20.6. The van der Waals surface area contributed by atoms with Crippen molar-refractivity contribution in [1.82, 2.24) is 0 Å². The van der Waals surface area contributed by atoms with Gasteiger partial charge in [0, 0.05) is 0 Å². The van der Waals surface area contributed by atoms with E-state index in [4.69, 9.17) is 0 Å². The molecule has 0 unspecified atom stereocenters. The van der Waals surface area contributed by atoms with Crippen LogP contribution in [0.15, 0.2) is 131 Å². The molecule has 6 rings (SSSR count). The van der Waals surface area contributed by atoms with Crippen molar-refractivity contribution in [3.8, 4) is 22.3 Å². The van der Waals surface area contributed by atoms with E-state index >= 15 is 0 Å². The van der Waals surface area contributed by atoms with Crippen LogP contribution in [0.5, 0.6) is 0 Å². The second kappa shape index (κ2) is 13.0. The number of allylic oxidation sites excluding steroid dienone is 12. The van der Waals surface area contributed by atoms with Crippen molar-refractivity contribution in [3.05, 3.63) is 154 Å². The molecule has 0 aliphatic heterocycles. The average molecular weight is 565 g/mol. The van der Waals surface area contributed by atoms with Crippen LogP contribution in [-0.2, 0) is 6.42 Å². The lowest BCUT2D eigenvalue weighted by molar-refractivity contribution is 0.876. The summed E-state index contributed by atoms with van der Waals surface area (Å²) in [6, 6.07) is 22.6. The van der Waals surface area contributed by atoms with Crippen molar-refractivity contribution in [2.45, 2.75) is 51.9 Å². The Bertz CT molecular complexity index is 1700. The van der Waals surface area contributed by atoms with Crippen LogP contribution in [-0.4, -0.2) is 6.26 Å². The molecule has 0 atom stereocenters. The largest absolute Gasteiger partial charge is 0.134 e. The van der Waals surface area contributed by atoms with E-state index in [2.05, 4.69) is 123 Å². The minimum Gasteiger partial charge on any atom is -0.134 e. The summed E-state index contributed by atoms with van der Waals surface area (Å²) in [7, 11) is 0. The molecular weight excluding hydrogens is 525 g/mol. The Hall–Kier alpha value is -3.81. The third kappa shape index (κ3) is 6.03. The van der Waals surface area contributed by atoms with Crippen molar-refractivity contribution in [2.24, 2.45) is 0 Å². The Kier molecular flexibility index (Phi) is 8.77. The lowest BCUT2D eigenvalue weighted by atomic mass is 9.85. The number of benzene rings is 3. The van der Waals surface area contributed by atoms with E-state index in [0.29, 0.717) is 0 Å². The highest BCUT2D eigenvalue weighted by molar-refractivity contribution is 8.02. The second-order valence-corrected chi connectivity index (χ2v) is 12.5. The molecule has 3 aliphatic rings. The topological polar surface area (TPSA) is 0 Å². The molecule has 0 bridgehead atoms. The fourth-order valence-corrected chi connectivity index (χ4v) is 7.21. The van der Waals surface area contributed by atoms with E-state index in [9.17, 15) is 0 Å². The minimum atomic E-state index is 1.02. The molecule has 3 aliphatic carbocycles. The summed E-state index contributed by atoms with van der Waals surface area (Å²) >= 11 is 1.92. The number of rotatable bonds is 11. The maximum Gasteiger partial charge on any atom is -0.000729 e. The molecule has 0 fully saturated rings. The average Bonchev–Trinajstić information content (AvgIpc) is 3.38. The number of hydrogen-bond donors (Lipinski definition) is 0. The van der Waals surface area contributed by atoms with Crippen LogP contribution in [0.25, 0.3) is 33.9 Å². The van der Waals surface area contributed by atoms with Gasteiger partial charge in [-0.05, 0) is 131 Å². The number of hydrogen-bond acceptors (Lipinski definition) is 1. The normalized spacial score (nSPS) is 15.8. The first kappa shape index (κ1) is 28.3. The zero-order valence-corrected chi connectivity index (χ0v) is 25.8. The van der Waals surface area contributed by atoms with Gasteiger partial charge in [-0.3, -0.25) is 0 Å². The molecule has 42 heavy (non-hydrogen) atoms. The van der Waals surface area contributed by atoms with Gasteiger partial charge >= 0.3 is 0 Å². The SMILES string of the molecule is C=CCC/C=C\CC1=C(SC)CCC(C/C(C)=C/C=C\C2=Cc3cc(-c4cccc5c4Cc4ccccc4-5)ccc32)=C1. The van der Waals surface area contributed by atoms with Crippen molar-refractivity contribution in [2.75, 3.05) is 6.26 Å². The van der Waals surface area contributed by atoms with Crippen LogP contribution in [0.4, 0.5) is 0 Å². The number of fused-ring (bicyclic) bond motifs is 4. The van der Waals surface area contributed by atoms with Gasteiger partial charge in [0.1, 0.15) is 0 Å². The van der Waals surface area contributed by atoms with Crippen molar-refractivity contribution in [3.63, 3.8) is 0 Å². The highest BCUT2D eigenvalue weighted by Gasteiger charge is 2.22. The highest BCUT2D eigenvalue weighted by Crippen LogP contribution is 2.43. The summed E-state index contributed by atoms with van der Waals surface area (Å²) in [4.78, 5) is 1.55. The molecule has 3 aromatic rings. The third-order valence-corrected chi connectivity index (χ3v) is 9.65. The monoisotopic (exact) mass is 564 g/mol. The lowest BCUT2D eigenvalue weighted by Gasteiger charge is -2.20. The number of thioether (sulfide) groups is 1. The van der Waals surface area contributed by atoms with Gasteiger partial charge in [0.15, 0.2) is 0 Å². The molecule has 0 saturated carbocycles. The summed E-state index contributed by atoms with van der Waals surface area (Å²) in [6.07, 6.45) is 28.0. The first-order valence-corrected chi connectivity index (χ1v) is 16.5. The van der Waals surface area contributed by atoms with Gasteiger partial charge in [-0.15, -0.1) is 18.3 Å². The van der Waals surface area contributed by atoms with E-state index in [-0.39, 0.29) is 0 Å². The Morgan fingerprint density at radius 3 is 2.60 bits per heavy atom. The zero-order chi connectivity index (χ0) is 28.9. The first-order valence-electron chi connectivity index (χ1n) is 15.3. The number of unbranched alkanes of at least 4 members (excludes halogenated alkanes) is 1. The van der Waals surface area contributed by atoms with E-state index in [1.54, 1.807) is 10.5 Å². The van der Waals surface area contributed by atoms with Gasteiger partial charge in [-0.1, -0.05) is 108 Å². The summed E-state index contributed by atoms with van der Waals surface area (Å²) in [6.45, 7) is 6.08.